The molecule has 0 saturated carbocycles. The van der Waals surface area contributed by atoms with Gasteiger partial charge in [0.1, 0.15) is 5.03 Å². The molecule has 120 valence electrons. The first-order valence-corrected chi connectivity index (χ1v) is 8.25. The van der Waals surface area contributed by atoms with E-state index >= 15 is 0 Å². The van der Waals surface area contributed by atoms with Gasteiger partial charge in [0.25, 0.3) is 0 Å². The molecule has 2 rings (SSSR count). The van der Waals surface area contributed by atoms with Gasteiger partial charge in [0.2, 0.25) is 11.9 Å². The van der Waals surface area contributed by atoms with Crippen molar-refractivity contribution < 1.29 is 4.79 Å². The summed E-state index contributed by atoms with van der Waals surface area (Å²) < 4.78 is 0. The number of amides is 1. The number of benzene rings is 1. The van der Waals surface area contributed by atoms with Gasteiger partial charge >= 0.3 is 0 Å². The highest BCUT2D eigenvalue weighted by Crippen LogP contribution is 2.35. The smallest absolute Gasteiger partial charge is 0.243 e. The lowest BCUT2D eigenvalue weighted by molar-refractivity contribution is -0.113. The van der Waals surface area contributed by atoms with E-state index < -0.39 is 5.91 Å². The van der Waals surface area contributed by atoms with Gasteiger partial charge in [-0.3, -0.25) is 4.79 Å². The number of halogens is 2. The van der Waals surface area contributed by atoms with Gasteiger partial charge in [-0.2, -0.15) is 0 Å². The normalized spacial score (nSPS) is 11.5. The predicted molar refractivity (Wildman–Crippen MR) is 95.0 cm³/mol. The summed E-state index contributed by atoms with van der Waals surface area (Å²) in [5, 5.41) is 1.29. The van der Waals surface area contributed by atoms with Crippen molar-refractivity contribution >= 4 is 52.5 Å². The first-order valence-electron chi connectivity index (χ1n) is 6.27. The van der Waals surface area contributed by atoms with Crippen molar-refractivity contribution in [1.29, 1.82) is 0 Å². The van der Waals surface area contributed by atoms with E-state index in [1.54, 1.807) is 24.5 Å². The maximum Gasteiger partial charge on any atom is 0.243 e. The quantitative estimate of drug-likeness (QED) is 0.432. The molecular weight excluding hydrogens is 357 g/mol. The molecule has 23 heavy (non-hydrogen) atoms. The molecule has 6 nitrogen and oxygen atoms in total. The summed E-state index contributed by atoms with van der Waals surface area (Å²) in [4.78, 5) is 19.5. The van der Waals surface area contributed by atoms with Crippen LogP contribution in [0.3, 0.4) is 0 Å². The lowest BCUT2D eigenvalue weighted by Gasteiger charge is -2.14. The lowest BCUT2D eigenvalue weighted by atomic mass is 10.0. The van der Waals surface area contributed by atoms with Gasteiger partial charge < -0.3 is 17.2 Å². The van der Waals surface area contributed by atoms with E-state index in [9.17, 15) is 4.79 Å². The summed E-state index contributed by atoms with van der Waals surface area (Å²) in [7, 11) is 0. The maximum absolute atomic E-state index is 11.2. The first kappa shape index (κ1) is 17.4. The van der Waals surface area contributed by atoms with Crippen molar-refractivity contribution in [3.63, 3.8) is 0 Å². The molecule has 1 aromatic carbocycles. The number of hydrogen-bond donors (Lipinski definition) is 3. The van der Waals surface area contributed by atoms with Crippen molar-refractivity contribution in [3.8, 4) is 11.3 Å². The second-order valence-electron chi connectivity index (χ2n) is 4.45. The van der Waals surface area contributed by atoms with Gasteiger partial charge in [-0.05, 0) is 18.4 Å². The van der Waals surface area contributed by atoms with Crippen molar-refractivity contribution in [1.82, 2.24) is 9.97 Å². The Hall–Kier alpha value is -1.96. The number of hydrogen-bond acceptors (Lipinski definition) is 6. The Balaban J connectivity index is 2.77. The Morgan fingerprint density at radius 1 is 1.22 bits per heavy atom. The number of anilines is 1. The highest BCUT2D eigenvalue weighted by molar-refractivity contribution is 7.98. The third-order valence-corrected chi connectivity index (χ3v) is 4.29. The standard InChI is InChI=1S/C14H13Cl2N5OS/c1-23-13-11(9(17)5-10(18)22)12(20-14(19)21-13)6-2-3-7(15)8(16)4-6/h2-5H,17H2,1H3,(H2,18,22)(H2,19,20,21)/b9-5-. The molecule has 0 spiro atoms. The monoisotopic (exact) mass is 369 g/mol. The van der Waals surface area contributed by atoms with Crippen LogP contribution in [0.2, 0.25) is 10.0 Å². The third-order valence-electron chi connectivity index (χ3n) is 2.87. The summed E-state index contributed by atoms with van der Waals surface area (Å²) in [5.74, 6) is -0.600. The minimum atomic E-state index is -0.675. The second kappa shape index (κ2) is 7.08. The van der Waals surface area contributed by atoms with Crippen LogP contribution < -0.4 is 17.2 Å². The van der Waals surface area contributed by atoms with Crippen LogP contribution in [0.1, 0.15) is 5.56 Å². The minimum Gasteiger partial charge on any atom is -0.398 e. The molecular formula is C14H13Cl2N5OS. The van der Waals surface area contributed by atoms with Gasteiger partial charge in [-0.1, -0.05) is 29.3 Å². The van der Waals surface area contributed by atoms with Crippen molar-refractivity contribution in [2.24, 2.45) is 11.5 Å². The number of primary amides is 1. The van der Waals surface area contributed by atoms with Crippen LogP contribution in [0.4, 0.5) is 5.95 Å². The number of nitrogens with two attached hydrogens (primary N) is 3. The van der Waals surface area contributed by atoms with E-state index in [-0.39, 0.29) is 11.6 Å². The van der Waals surface area contributed by atoms with Gasteiger partial charge in [-0.25, -0.2) is 9.97 Å². The summed E-state index contributed by atoms with van der Waals surface area (Å²) in [6, 6.07) is 4.99. The minimum absolute atomic E-state index is 0.0750. The summed E-state index contributed by atoms with van der Waals surface area (Å²) in [6.45, 7) is 0. The summed E-state index contributed by atoms with van der Waals surface area (Å²) >= 11 is 13.3. The average Bonchev–Trinajstić information content (AvgIpc) is 2.48. The lowest BCUT2D eigenvalue weighted by Crippen LogP contribution is -2.12. The molecule has 0 aliphatic rings. The number of aromatic nitrogens is 2. The van der Waals surface area contributed by atoms with Crippen molar-refractivity contribution in [3.05, 3.63) is 39.9 Å². The van der Waals surface area contributed by atoms with E-state index in [0.717, 1.165) is 6.08 Å². The molecule has 0 aliphatic heterocycles. The molecule has 0 fully saturated rings. The molecule has 6 N–H and O–H groups in total. The van der Waals surface area contributed by atoms with Crippen LogP contribution in [0, 0.1) is 0 Å². The molecule has 2 aromatic rings. The number of rotatable bonds is 4. The van der Waals surface area contributed by atoms with Crippen LogP contribution in [0.15, 0.2) is 29.3 Å². The SMILES string of the molecule is CSc1nc(N)nc(-c2ccc(Cl)c(Cl)c2)c1/C(N)=C/C(N)=O. The molecule has 9 heteroatoms. The Morgan fingerprint density at radius 2 is 1.91 bits per heavy atom. The van der Waals surface area contributed by atoms with E-state index in [1.807, 2.05) is 0 Å². The summed E-state index contributed by atoms with van der Waals surface area (Å²) in [6.07, 6.45) is 2.91. The van der Waals surface area contributed by atoms with Crippen molar-refractivity contribution in [2.45, 2.75) is 5.03 Å². The van der Waals surface area contributed by atoms with E-state index in [0.29, 0.717) is 31.9 Å². The molecule has 0 radical (unpaired) electrons. The van der Waals surface area contributed by atoms with Crippen molar-refractivity contribution in [2.75, 3.05) is 12.0 Å². The molecule has 0 bridgehead atoms. The molecule has 0 atom stereocenters. The number of carbonyl (C=O) groups is 1. The van der Waals surface area contributed by atoms with E-state index in [2.05, 4.69) is 9.97 Å². The second-order valence-corrected chi connectivity index (χ2v) is 6.05. The number of thioether (sulfide) groups is 1. The fraction of sp³-hybridized carbons (Fsp3) is 0.0714. The van der Waals surface area contributed by atoms with Crippen LogP contribution in [0.25, 0.3) is 17.0 Å². The Kier molecular flexibility index (Phi) is 5.35. The van der Waals surface area contributed by atoms with Crippen LogP contribution >= 0.6 is 35.0 Å². The first-order chi connectivity index (χ1) is 10.8. The largest absolute Gasteiger partial charge is 0.398 e. The van der Waals surface area contributed by atoms with Crippen LogP contribution in [-0.2, 0) is 4.79 Å². The van der Waals surface area contributed by atoms with E-state index in [1.165, 1.54) is 11.8 Å². The fourth-order valence-electron chi connectivity index (χ4n) is 1.94. The Bertz CT molecular complexity index is 810. The zero-order valence-electron chi connectivity index (χ0n) is 12.0. The Labute approximate surface area is 147 Å². The predicted octanol–water partition coefficient (Wildman–Crippen LogP) is 2.54. The molecule has 1 aromatic heterocycles. The number of nitrogen functional groups attached to an aromatic ring is 1. The van der Waals surface area contributed by atoms with Crippen LogP contribution in [0.5, 0.6) is 0 Å². The highest BCUT2D eigenvalue weighted by atomic mass is 35.5. The van der Waals surface area contributed by atoms with Gasteiger partial charge in [0, 0.05) is 17.3 Å². The summed E-state index contributed by atoms with van der Waals surface area (Å²) in [5.41, 5.74) is 18.6. The molecule has 0 aliphatic carbocycles. The zero-order valence-corrected chi connectivity index (χ0v) is 14.3. The fourth-order valence-corrected chi connectivity index (χ4v) is 2.84. The van der Waals surface area contributed by atoms with Gasteiger partial charge in [0.15, 0.2) is 0 Å². The molecule has 1 heterocycles. The van der Waals surface area contributed by atoms with Gasteiger partial charge in [0.05, 0.1) is 21.3 Å². The topological polar surface area (TPSA) is 121 Å². The maximum atomic E-state index is 11.2. The Morgan fingerprint density at radius 3 is 2.48 bits per heavy atom. The highest BCUT2D eigenvalue weighted by Gasteiger charge is 2.18. The van der Waals surface area contributed by atoms with E-state index in [4.69, 9.17) is 40.4 Å². The molecule has 0 unspecified atom stereocenters. The molecule has 1 amide bonds. The zero-order chi connectivity index (χ0) is 17.1. The number of nitrogens with zero attached hydrogens (tertiary/aromatic N) is 2. The number of carbonyl (C=O) groups excluding carboxylic acids is 1. The molecule has 0 saturated heterocycles. The average molecular weight is 370 g/mol. The van der Waals surface area contributed by atoms with Gasteiger partial charge in [-0.15, -0.1) is 11.8 Å². The third kappa shape index (κ3) is 3.87. The van der Waals surface area contributed by atoms with Crippen LogP contribution in [-0.4, -0.2) is 22.1 Å².